The Morgan fingerprint density at radius 1 is 1.29 bits per heavy atom. The molecule has 8 heteroatoms. The molecule has 2 aromatic rings. The number of hydrogen-bond acceptors (Lipinski definition) is 6. The Morgan fingerprint density at radius 2 is 1.96 bits per heavy atom. The third-order valence-electron chi connectivity index (χ3n) is 5.21. The average Bonchev–Trinajstić information content (AvgIpc) is 3.20. The number of fused-ring (bicyclic) bond motifs is 2. The van der Waals surface area contributed by atoms with Gasteiger partial charge in [-0.15, -0.1) is 0 Å². The molecule has 2 unspecified atom stereocenters. The van der Waals surface area contributed by atoms with Crippen molar-refractivity contribution in [2.24, 2.45) is 11.8 Å². The number of hydrogen-bond donors (Lipinski definition) is 1. The van der Waals surface area contributed by atoms with Crippen molar-refractivity contribution in [1.82, 2.24) is 9.88 Å². The van der Waals surface area contributed by atoms with Crippen molar-refractivity contribution in [3.8, 4) is 5.75 Å². The van der Waals surface area contributed by atoms with Crippen molar-refractivity contribution >= 4 is 44.4 Å². The standard InChI is InChI=1S/C20H21N3O4S/c1-3-27-12-8-9-15-16(10-12)28-20(21-15)22-17(24)11(2)23-18(25)13-6-4-5-7-14(13)19(23)26/h4-5,8-11,13-14H,3,6-7H2,1-2H3,(H,21,22,24)/t11-,13?,14?/m0/s1. The highest BCUT2D eigenvalue weighted by atomic mass is 32.1. The summed E-state index contributed by atoms with van der Waals surface area (Å²) in [5.41, 5.74) is 0.752. The Balaban J connectivity index is 1.49. The van der Waals surface area contributed by atoms with E-state index in [1.54, 1.807) is 6.92 Å². The van der Waals surface area contributed by atoms with Crippen molar-refractivity contribution < 1.29 is 19.1 Å². The number of rotatable bonds is 5. The molecule has 2 heterocycles. The first kappa shape index (κ1) is 18.6. The second-order valence-electron chi connectivity index (χ2n) is 6.95. The molecule has 0 bridgehead atoms. The first-order chi connectivity index (χ1) is 13.5. The lowest BCUT2D eigenvalue weighted by atomic mass is 9.85. The van der Waals surface area contributed by atoms with Crippen molar-refractivity contribution in [3.05, 3.63) is 30.4 Å². The van der Waals surface area contributed by atoms with Gasteiger partial charge in [0, 0.05) is 0 Å². The van der Waals surface area contributed by atoms with Gasteiger partial charge < -0.3 is 10.1 Å². The number of aromatic nitrogens is 1. The van der Waals surface area contributed by atoms with Gasteiger partial charge in [-0.25, -0.2) is 4.98 Å². The molecule has 0 saturated carbocycles. The van der Waals surface area contributed by atoms with E-state index < -0.39 is 11.9 Å². The quantitative estimate of drug-likeness (QED) is 0.617. The van der Waals surface area contributed by atoms with Crippen LogP contribution >= 0.6 is 11.3 Å². The fourth-order valence-electron chi connectivity index (χ4n) is 3.75. The molecule has 7 nitrogen and oxygen atoms in total. The Labute approximate surface area is 166 Å². The van der Waals surface area contributed by atoms with Gasteiger partial charge in [0.2, 0.25) is 17.7 Å². The van der Waals surface area contributed by atoms with Crippen molar-refractivity contribution in [1.29, 1.82) is 0 Å². The Hall–Kier alpha value is -2.74. The van der Waals surface area contributed by atoms with E-state index in [9.17, 15) is 14.4 Å². The second-order valence-corrected chi connectivity index (χ2v) is 7.98. The molecule has 1 aliphatic heterocycles. The number of thiazole rings is 1. The minimum absolute atomic E-state index is 0.257. The normalized spacial score (nSPS) is 22.4. The topological polar surface area (TPSA) is 88.6 Å². The van der Waals surface area contributed by atoms with Crippen LogP contribution in [0.2, 0.25) is 0 Å². The summed E-state index contributed by atoms with van der Waals surface area (Å²) in [6.07, 6.45) is 4.97. The van der Waals surface area contributed by atoms with Crippen LogP contribution in [-0.4, -0.2) is 40.3 Å². The highest BCUT2D eigenvalue weighted by Crippen LogP contribution is 2.36. The van der Waals surface area contributed by atoms with Gasteiger partial charge in [0.15, 0.2) is 5.13 Å². The second kappa shape index (κ2) is 7.35. The van der Waals surface area contributed by atoms with Crippen LogP contribution in [0, 0.1) is 11.8 Å². The van der Waals surface area contributed by atoms with Crippen LogP contribution < -0.4 is 10.1 Å². The van der Waals surface area contributed by atoms with Crippen molar-refractivity contribution in [2.75, 3.05) is 11.9 Å². The number of ether oxygens (including phenoxy) is 1. The number of imide groups is 1. The van der Waals surface area contributed by atoms with Crippen molar-refractivity contribution in [2.45, 2.75) is 32.7 Å². The molecule has 1 N–H and O–H groups in total. The first-order valence-corrected chi connectivity index (χ1v) is 10.2. The smallest absolute Gasteiger partial charge is 0.249 e. The van der Waals surface area contributed by atoms with Gasteiger partial charge in [-0.05, 0) is 44.9 Å². The lowest BCUT2D eigenvalue weighted by Gasteiger charge is -2.21. The number of nitrogens with zero attached hydrogens (tertiary/aromatic N) is 2. The Kier molecular flexibility index (Phi) is 4.89. The molecule has 1 aliphatic carbocycles. The van der Waals surface area contributed by atoms with Gasteiger partial charge in [0.1, 0.15) is 11.8 Å². The van der Waals surface area contributed by atoms with Crippen LogP contribution in [0.25, 0.3) is 10.2 Å². The summed E-state index contributed by atoms with van der Waals surface area (Å²) < 4.78 is 6.37. The minimum Gasteiger partial charge on any atom is -0.494 e. The van der Waals surface area contributed by atoms with E-state index in [1.165, 1.54) is 11.3 Å². The van der Waals surface area contributed by atoms with E-state index in [1.807, 2.05) is 37.3 Å². The SMILES string of the molecule is CCOc1ccc2nc(NC(=O)[C@H](C)N3C(=O)C4CC=CCC4C3=O)sc2c1. The predicted octanol–water partition coefficient (Wildman–Crippen LogP) is 2.97. The lowest BCUT2D eigenvalue weighted by molar-refractivity contribution is -0.146. The van der Waals surface area contributed by atoms with Gasteiger partial charge >= 0.3 is 0 Å². The zero-order chi connectivity index (χ0) is 19.8. The maximum Gasteiger partial charge on any atom is 0.249 e. The van der Waals surface area contributed by atoms with E-state index >= 15 is 0 Å². The molecule has 146 valence electrons. The number of nitrogens with one attached hydrogen (secondary N) is 1. The highest BCUT2D eigenvalue weighted by molar-refractivity contribution is 7.22. The molecule has 3 amide bonds. The number of likely N-dealkylation sites (tertiary alicyclic amines) is 1. The molecule has 28 heavy (non-hydrogen) atoms. The number of anilines is 1. The average molecular weight is 399 g/mol. The summed E-state index contributed by atoms with van der Waals surface area (Å²) in [6, 6.07) is 4.66. The fraction of sp³-hybridized carbons (Fsp3) is 0.400. The third kappa shape index (κ3) is 3.17. The monoisotopic (exact) mass is 399 g/mol. The Morgan fingerprint density at radius 3 is 2.61 bits per heavy atom. The van der Waals surface area contributed by atoms with Gasteiger partial charge in [0.05, 0.1) is 28.7 Å². The van der Waals surface area contributed by atoms with E-state index in [0.29, 0.717) is 24.6 Å². The number of carbonyl (C=O) groups excluding carboxylic acids is 3. The summed E-state index contributed by atoms with van der Waals surface area (Å²) in [5.74, 6) is -0.869. The Bertz CT molecular complexity index is 957. The van der Waals surface area contributed by atoms with Gasteiger partial charge in [-0.3, -0.25) is 19.3 Å². The van der Waals surface area contributed by atoms with Crippen LogP contribution in [0.1, 0.15) is 26.7 Å². The van der Waals surface area contributed by atoms with E-state index in [2.05, 4.69) is 10.3 Å². The molecule has 1 saturated heterocycles. The van der Waals surface area contributed by atoms with E-state index in [-0.39, 0.29) is 23.7 Å². The summed E-state index contributed by atoms with van der Waals surface area (Å²) >= 11 is 1.33. The van der Waals surface area contributed by atoms with Crippen molar-refractivity contribution in [3.63, 3.8) is 0 Å². The molecule has 4 rings (SSSR count). The first-order valence-electron chi connectivity index (χ1n) is 9.35. The molecule has 3 atom stereocenters. The summed E-state index contributed by atoms with van der Waals surface area (Å²) in [5, 5.41) is 3.18. The van der Waals surface area contributed by atoms with E-state index in [4.69, 9.17) is 4.74 Å². The molecular weight excluding hydrogens is 378 g/mol. The fourth-order valence-corrected chi connectivity index (χ4v) is 4.65. The van der Waals surface area contributed by atoms with Gasteiger partial charge in [-0.2, -0.15) is 0 Å². The molecule has 1 fully saturated rings. The van der Waals surface area contributed by atoms with Crippen LogP contribution in [0.4, 0.5) is 5.13 Å². The number of carbonyl (C=O) groups is 3. The minimum atomic E-state index is -0.878. The van der Waals surface area contributed by atoms with Crippen LogP contribution in [0.15, 0.2) is 30.4 Å². The van der Waals surface area contributed by atoms with Crippen LogP contribution in [0.3, 0.4) is 0 Å². The molecule has 0 spiro atoms. The molecule has 1 aromatic heterocycles. The number of benzene rings is 1. The molecular formula is C20H21N3O4S. The molecule has 0 radical (unpaired) electrons. The molecule has 1 aromatic carbocycles. The maximum absolute atomic E-state index is 12.7. The predicted molar refractivity (Wildman–Crippen MR) is 106 cm³/mol. The van der Waals surface area contributed by atoms with Crippen LogP contribution in [0.5, 0.6) is 5.75 Å². The summed E-state index contributed by atoms with van der Waals surface area (Å²) in [4.78, 5) is 43.5. The highest BCUT2D eigenvalue weighted by Gasteiger charge is 2.50. The van der Waals surface area contributed by atoms with Crippen LogP contribution in [-0.2, 0) is 14.4 Å². The summed E-state index contributed by atoms with van der Waals surface area (Å²) in [6.45, 7) is 4.06. The van der Waals surface area contributed by atoms with E-state index in [0.717, 1.165) is 20.9 Å². The largest absolute Gasteiger partial charge is 0.494 e. The molecule has 2 aliphatic rings. The number of amides is 3. The third-order valence-corrected chi connectivity index (χ3v) is 6.14. The lowest BCUT2D eigenvalue weighted by Crippen LogP contribution is -2.46. The van der Waals surface area contributed by atoms with Gasteiger partial charge in [-0.1, -0.05) is 23.5 Å². The zero-order valence-corrected chi connectivity index (χ0v) is 16.5. The van der Waals surface area contributed by atoms with Gasteiger partial charge in [0.25, 0.3) is 0 Å². The number of allylic oxidation sites excluding steroid dienone is 2. The maximum atomic E-state index is 12.7. The zero-order valence-electron chi connectivity index (χ0n) is 15.7. The summed E-state index contributed by atoms with van der Waals surface area (Å²) in [7, 11) is 0.